The van der Waals surface area contributed by atoms with Gasteiger partial charge in [0.25, 0.3) is 0 Å². The van der Waals surface area contributed by atoms with E-state index in [-0.39, 0.29) is 53.0 Å². The molecule has 11 atom stereocenters. The molecule has 6 heteroatoms. The molecule has 4 saturated carbocycles. The summed E-state index contributed by atoms with van der Waals surface area (Å²) in [6, 6.07) is 0.0482. The summed E-state index contributed by atoms with van der Waals surface area (Å²) in [4.78, 5) is 12.2. The molecule has 0 saturated heterocycles. The van der Waals surface area contributed by atoms with Gasteiger partial charge in [0.2, 0.25) is 0 Å². The fraction of sp³-hybridized carbons (Fsp3) is 0.897. The van der Waals surface area contributed by atoms with Gasteiger partial charge in [0.05, 0.1) is 18.0 Å². The third-order valence-corrected chi connectivity index (χ3v) is 11.1. The minimum Gasteiger partial charge on any atom is -0.513 e. The second kappa shape index (κ2) is 9.89. The van der Waals surface area contributed by atoms with Crippen LogP contribution in [-0.4, -0.2) is 45.8 Å². The molecule has 0 radical (unpaired) electrons. The van der Waals surface area contributed by atoms with E-state index >= 15 is 0 Å². The lowest BCUT2D eigenvalue weighted by atomic mass is 9.43. The van der Waals surface area contributed by atoms with Gasteiger partial charge < -0.3 is 25.4 Å². The lowest BCUT2D eigenvalue weighted by molar-refractivity contribution is -0.206. The largest absolute Gasteiger partial charge is 0.513 e. The third-order valence-electron chi connectivity index (χ3n) is 11.1. The number of alkyl carbamates (subject to hydrolysis) is 1. The van der Waals surface area contributed by atoms with Crippen LogP contribution in [0.4, 0.5) is 4.79 Å². The lowest BCUT2D eigenvalue weighted by Crippen LogP contribution is -2.62. The summed E-state index contributed by atoms with van der Waals surface area (Å²) in [6.45, 7) is 14.4. The van der Waals surface area contributed by atoms with Crippen molar-refractivity contribution in [1.82, 2.24) is 5.32 Å². The van der Waals surface area contributed by atoms with E-state index in [1.165, 1.54) is 0 Å². The Morgan fingerprint density at radius 2 is 1.80 bits per heavy atom. The molecular formula is C29H49NO5. The fourth-order valence-electron chi connectivity index (χ4n) is 9.24. The zero-order valence-electron chi connectivity index (χ0n) is 22.5. The molecule has 35 heavy (non-hydrogen) atoms. The zero-order chi connectivity index (χ0) is 25.7. The maximum absolute atomic E-state index is 12.2. The summed E-state index contributed by atoms with van der Waals surface area (Å²) in [6.07, 6.45) is 6.56. The molecule has 6 nitrogen and oxygen atoms in total. The van der Waals surface area contributed by atoms with Crippen molar-refractivity contribution in [3.63, 3.8) is 0 Å². The number of carbonyl (C=O) groups is 1. The highest BCUT2D eigenvalue weighted by Crippen LogP contribution is 2.68. The number of rotatable bonds is 6. The summed E-state index contributed by atoms with van der Waals surface area (Å²) in [5.74, 6) is 2.16. The normalized spacial score (nSPS) is 45.7. The Bertz CT molecular complexity index is 800. The Kier molecular flexibility index (Phi) is 7.57. The van der Waals surface area contributed by atoms with E-state index in [1.807, 2.05) is 13.8 Å². The minimum atomic E-state index is -0.380. The van der Waals surface area contributed by atoms with Crippen LogP contribution in [0.15, 0.2) is 12.3 Å². The van der Waals surface area contributed by atoms with E-state index in [4.69, 9.17) is 4.74 Å². The Morgan fingerprint density at radius 3 is 2.46 bits per heavy atom. The first kappa shape index (κ1) is 26.8. The van der Waals surface area contributed by atoms with Crippen molar-refractivity contribution in [2.45, 2.75) is 117 Å². The van der Waals surface area contributed by atoms with Crippen LogP contribution in [0.1, 0.15) is 92.4 Å². The van der Waals surface area contributed by atoms with Crippen molar-refractivity contribution < 1.29 is 24.9 Å². The Morgan fingerprint density at radius 1 is 1.09 bits per heavy atom. The van der Waals surface area contributed by atoms with Crippen molar-refractivity contribution in [2.24, 2.45) is 46.3 Å². The first-order valence-electron chi connectivity index (χ1n) is 14.1. The van der Waals surface area contributed by atoms with E-state index in [1.54, 1.807) is 0 Å². The molecule has 4 rings (SSSR count). The molecule has 4 aliphatic rings. The number of allylic oxidation sites excluding steroid dienone is 1. The standard InChI is InChI=1S/C29H49NO5/c1-16(2)30-27(34)35-20-11-12-28(5)19(13-20)14-24(32)26-22-10-9-21(17(3)7-8-18(4)31)29(22,6)25(33)15-23(26)28/h16-17,19-26,31-33H,4,7-15H2,1-3,5-6H3,(H,30,34)/t17-,19+,20-,21-,22+,23+,24-,25+,26+,28+,29-/m1/s1. The average molecular weight is 492 g/mol. The number of fused-ring (bicyclic) bond motifs is 5. The number of amides is 1. The predicted octanol–water partition coefficient (Wildman–Crippen LogP) is 5.58. The summed E-state index contributed by atoms with van der Waals surface area (Å²) in [5.41, 5.74) is -0.143. The number of hydrogen-bond acceptors (Lipinski definition) is 5. The molecule has 4 N–H and O–H groups in total. The van der Waals surface area contributed by atoms with Crippen LogP contribution in [-0.2, 0) is 4.74 Å². The molecule has 4 aliphatic carbocycles. The van der Waals surface area contributed by atoms with Gasteiger partial charge >= 0.3 is 6.09 Å². The van der Waals surface area contributed by atoms with Crippen LogP contribution >= 0.6 is 0 Å². The Balaban J connectivity index is 1.50. The van der Waals surface area contributed by atoms with Gasteiger partial charge in [-0.1, -0.05) is 27.4 Å². The number of nitrogens with one attached hydrogen (secondary N) is 1. The number of aliphatic hydroxyl groups is 3. The van der Waals surface area contributed by atoms with Crippen molar-refractivity contribution in [3.05, 3.63) is 12.3 Å². The maximum atomic E-state index is 12.2. The van der Waals surface area contributed by atoms with Crippen molar-refractivity contribution in [2.75, 3.05) is 0 Å². The van der Waals surface area contributed by atoms with Crippen LogP contribution in [0.5, 0.6) is 0 Å². The summed E-state index contributed by atoms with van der Waals surface area (Å²) in [5, 5.41) is 35.7. The first-order valence-corrected chi connectivity index (χ1v) is 14.1. The van der Waals surface area contributed by atoms with Crippen LogP contribution in [0.25, 0.3) is 0 Å². The average Bonchev–Trinajstić information content (AvgIpc) is 3.11. The third kappa shape index (κ3) is 4.74. The Hall–Kier alpha value is -1.27. The van der Waals surface area contributed by atoms with Gasteiger partial charge in [0.1, 0.15) is 6.10 Å². The number of carbonyl (C=O) groups excluding carboxylic acids is 1. The fourth-order valence-corrected chi connectivity index (χ4v) is 9.24. The molecule has 200 valence electrons. The molecule has 0 unspecified atom stereocenters. The van der Waals surface area contributed by atoms with E-state index in [0.717, 1.165) is 51.4 Å². The highest BCUT2D eigenvalue weighted by Gasteiger charge is 2.65. The lowest BCUT2D eigenvalue weighted by Gasteiger charge is -2.63. The second-order valence-electron chi connectivity index (χ2n) is 13.3. The van der Waals surface area contributed by atoms with Crippen LogP contribution in [0.3, 0.4) is 0 Å². The molecule has 0 aliphatic heterocycles. The summed E-state index contributed by atoms with van der Waals surface area (Å²) < 4.78 is 5.75. The molecule has 0 bridgehead atoms. The molecule has 0 heterocycles. The van der Waals surface area contributed by atoms with E-state index in [9.17, 15) is 20.1 Å². The van der Waals surface area contributed by atoms with Crippen LogP contribution in [0, 0.1) is 46.3 Å². The van der Waals surface area contributed by atoms with E-state index in [0.29, 0.717) is 36.0 Å². The molecule has 0 aromatic rings. The monoisotopic (exact) mass is 491 g/mol. The molecular weight excluding hydrogens is 442 g/mol. The van der Waals surface area contributed by atoms with Gasteiger partial charge in [-0.15, -0.1) is 0 Å². The van der Waals surface area contributed by atoms with Gasteiger partial charge in [-0.25, -0.2) is 4.79 Å². The SMILES string of the molecule is C=C(O)CC[C@@H](C)[C@H]1CC[C@H]2[C@@H]3[C@H](O)C[C@@H]4C[C@H](OC(=O)NC(C)C)CC[C@]4(C)[C@H]3C[C@H](O)[C@]12C. The van der Waals surface area contributed by atoms with Crippen LogP contribution in [0.2, 0.25) is 0 Å². The van der Waals surface area contributed by atoms with Gasteiger partial charge in [-0.3, -0.25) is 0 Å². The highest BCUT2D eigenvalue weighted by molar-refractivity contribution is 5.67. The molecule has 1 amide bonds. The maximum Gasteiger partial charge on any atom is 0.407 e. The van der Waals surface area contributed by atoms with Gasteiger partial charge in [-0.05, 0) is 112 Å². The first-order chi connectivity index (χ1) is 16.4. The molecule has 0 spiro atoms. The number of aliphatic hydroxyl groups excluding tert-OH is 3. The van der Waals surface area contributed by atoms with E-state index in [2.05, 4.69) is 32.7 Å². The smallest absolute Gasteiger partial charge is 0.407 e. The summed E-state index contributed by atoms with van der Waals surface area (Å²) >= 11 is 0. The number of ether oxygens (including phenoxy) is 1. The van der Waals surface area contributed by atoms with Crippen molar-refractivity contribution in [3.8, 4) is 0 Å². The quantitative estimate of drug-likeness (QED) is 0.364. The van der Waals surface area contributed by atoms with Gasteiger partial charge in [0, 0.05) is 12.5 Å². The molecule has 0 aromatic heterocycles. The van der Waals surface area contributed by atoms with Gasteiger partial charge in [-0.2, -0.15) is 0 Å². The number of hydrogen-bond donors (Lipinski definition) is 4. The van der Waals surface area contributed by atoms with Crippen molar-refractivity contribution >= 4 is 6.09 Å². The highest BCUT2D eigenvalue weighted by atomic mass is 16.6. The predicted molar refractivity (Wildman–Crippen MR) is 137 cm³/mol. The second-order valence-corrected chi connectivity index (χ2v) is 13.3. The molecule has 4 fully saturated rings. The zero-order valence-corrected chi connectivity index (χ0v) is 22.5. The molecule has 0 aromatic carbocycles. The van der Waals surface area contributed by atoms with E-state index < -0.39 is 0 Å². The minimum absolute atomic E-state index is 0.0482. The Labute approximate surface area is 211 Å². The van der Waals surface area contributed by atoms with Crippen molar-refractivity contribution in [1.29, 1.82) is 0 Å². The van der Waals surface area contributed by atoms with Gasteiger partial charge in [0.15, 0.2) is 0 Å². The summed E-state index contributed by atoms with van der Waals surface area (Å²) in [7, 11) is 0. The van der Waals surface area contributed by atoms with Crippen LogP contribution < -0.4 is 5.32 Å². The topological polar surface area (TPSA) is 99.0 Å².